The molecule has 5 heteroatoms. The molecular weight excluding hydrogens is 905 g/mol. The van der Waals surface area contributed by atoms with Crippen molar-refractivity contribution < 1.29 is 0 Å². The van der Waals surface area contributed by atoms with Crippen molar-refractivity contribution in [1.82, 2.24) is 19.9 Å². The monoisotopic (exact) mass is 948 g/mol. The molecule has 0 saturated carbocycles. The maximum absolute atomic E-state index is 5.33. The van der Waals surface area contributed by atoms with Crippen molar-refractivity contribution in [2.45, 2.75) is 13.8 Å². The van der Waals surface area contributed by atoms with E-state index in [0.29, 0.717) is 17.5 Å². The zero-order valence-corrected chi connectivity index (χ0v) is 39.8. The van der Waals surface area contributed by atoms with Crippen molar-refractivity contribution in [2.75, 3.05) is 0 Å². The molecule has 11 aromatic rings. The van der Waals surface area contributed by atoms with Gasteiger partial charge in [0.2, 0.25) is 0 Å². The van der Waals surface area contributed by atoms with E-state index in [0.717, 1.165) is 82.5 Å². The van der Waals surface area contributed by atoms with Gasteiger partial charge in [0.25, 0.3) is 0 Å². The highest BCUT2D eigenvalue weighted by Crippen LogP contribution is 2.40. The van der Waals surface area contributed by atoms with Gasteiger partial charge in [-0.05, 0) is 135 Å². The Kier molecular flexibility index (Phi) is 11.9. The van der Waals surface area contributed by atoms with Crippen LogP contribution in [0.15, 0.2) is 241 Å². The summed E-state index contributed by atoms with van der Waals surface area (Å²) in [5, 5.41) is 0. The standard InChI is InChI=1S/C64H45BrN4/c1-42-31-43(2)33-54(32-42)57-25-15-16-26-58(57)59-29-27-48(40-60(59)65)61-30-28-49(41-66-61)62-67-63(55-36-50(44-17-7-3-8-18-44)34-51(37-55)45-19-9-4-10-20-45)69-64(68-62)56-38-52(46-21-11-5-12-22-46)35-53(39-56)47-23-13-6-14-24-47/h3-41H,1-2H3. The molecule has 0 bridgehead atoms. The minimum Gasteiger partial charge on any atom is -0.255 e. The molecule has 0 radical (unpaired) electrons. The minimum atomic E-state index is 0.534. The van der Waals surface area contributed by atoms with Gasteiger partial charge in [-0.3, -0.25) is 4.98 Å². The van der Waals surface area contributed by atoms with Gasteiger partial charge in [0.15, 0.2) is 17.5 Å². The van der Waals surface area contributed by atoms with Crippen LogP contribution in [0.5, 0.6) is 0 Å². The highest BCUT2D eigenvalue weighted by Gasteiger charge is 2.18. The van der Waals surface area contributed by atoms with E-state index in [-0.39, 0.29) is 0 Å². The summed E-state index contributed by atoms with van der Waals surface area (Å²) >= 11 is 3.95. The van der Waals surface area contributed by atoms with Gasteiger partial charge in [0.1, 0.15) is 0 Å². The molecule has 69 heavy (non-hydrogen) atoms. The molecule has 11 rings (SSSR count). The average Bonchev–Trinajstić information content (AvgIpc) is 3.41. The van der Waals surface area contributed by atoms with Gasteiger partial charge in [-0.15, -0.1) is 0 Å². The lowest BCUT2D eigenvalue weighted by Crippen LogP contribution is -2.01. The first-order chi connectivity index (χ1) is 33.9. The number of halogens is 1. The van der Waals surface area contributed by atoms with E-state index in [1.165, 1.54) is 27.8 Å². The van der Waals surface area contributed by atoms with Gasteiger partial charge in [0.05, 0.1) is 5.69 Å². The minimum absolute atomic E-state index is 0.534. The summed E-state index contributed by atoms with van der Waals surface area (Å²) in [4.78, 5) is 20.9. The molecule has 0 spiro atoms. The van der Waals surface area contributed by atoms with Gasteiger partial charge in [-0.2, -0.15) is 0 Å². The van der Waals surface area contributed by atoms with Crippen LogP contribution in [0, 0.1) is 13.8 Å². The van der Waals surface area contributed by atoms with Gasteiger partial charge in [0, 0.05) is 32.9 Å². The summed E-state index contributed by atoms with van der Waals surface area (Å²) in [6.45, 7) is 4.30. The molecule has 4 nitrogen and oxygen atoms in total. The van der Waals surface area contributed by atoms with E-state index < -0.39 is 0 Å². The van der Waals surface area contributed by atoms with Crippen LogP contribution in [0.4, 0.5) is 0 Å². The fourth-order valence-electron chi connectivity index (χ4n) is 9.16. The number of aryl methyl sites for hydroxylation is 2. The predicted octanol–water partition coefficient (Wildman–Crippen LogP) is 17.3. The molecule has 0 saturated heterocycles. The zero-order chi connectivity index (χ0) is 46.7. The molecule has 2 heterocycles. The molecule has 0 atom stereocenters. The SMILES string of the molecule is Cc1cc(C)cc(-c2ccccc2-c2ccc(-c3ccc(-c4nc(-c5cc(-c6ccccc6)cc(-c6ccccc6)c5)nc(-c5cc(-c6ccccc6)cc(-c6ccccc6)c5)n4)cn3)cc2Br)c1. The number of nitrogens with zero attached hydrogens (tertiary/aromatic N) is 4. The second kappa shape index (κ2) is 19.1. The first-order valence-corrected chi connectivity index (χ1v) is 23.9. The average molecular weight is 950 g/mol. The summed E-state index contributed by atoms with van der Waals surface area (Å²) in [6.07, 6.45) is 1.88. The Morgan fingerprint density at radius 3 is 1.09 bits per heavy atom. The normalized spacial score (nSPS) is 11.1. The van der Waals surface area contributed by atoms with Gasteiger partial charge < -0.3 is 0 Å². The van der Waals surface area contributed by atoms with E-state index in [9.17, 15) is 0 Å². The van der Waals surface area contributed by atoms with E-state index >= 15 is 0 Å². The topological polar surface area (TPSA) is 51.6 Å². The van der Waals surface area contributed by atoms with Crippen molar-refractivity contribution in [3.8, 4) is 112 Å². The van der Waals surface area contributed by atoms with Crippen LogP contribution >= 0.6 is 15.9 Å². The smallest absolute Gasteiger partial charge is 0.165 e. The molecular formula is C64H45BrN4. The largest absolute Gasteiger partial charge is 0.255 e. The zero-order valence-electron chi connectivity index (χ0n) is 38.2. The summed E-state index contributed by atoms with van der Waals surface area (Å²) in [7, 11) is 0. The lowest BCUT2D eigenvalue weighted by molar-refractivity contribution is 1.07. The molecule has 0 aliphatic heterocycles. The molecule has 0 fully saturated rings. The number of rotatable bonds is 10. The van der Waals surface area contributed by atoms with Crippen LogP contribution in [0.25, 0.3) is 112 Å². The van der Waals surface area contributed by atoms with Crippen molar-refractivity contribution in [1.29, 1.82) is 0 Å². The molecule has 0 aliphatic rings. The molecule has 0 amide bonds. The lowest BCUT2D eigenvalue weighted by atomic mass is 9.92. The Balaban J connectivity index is 1.03. The predicted molar refractivity (Wildman–Crippen MR) is 289 cm³/mol. The van der Waals surface area contributed by atoms with E-state index in [4.69, 9.17) is 19.9 Å². The van der Waals surface area contributed by atoms with Crippen molar-refractivity contribution in [2.24, 2.45) is 0 Å². The Bertz CT molecular complexity index is 3330. The summed E-state index contributed by atoms with van der Waals surface area (Å²) in [6, 6.07) is 81.0. The van der Waals surface area contributed by atoms with Gasteiger partial charge in [-0.1, -0.05) is 203 Å². The molecule has 9 aromatic carbocycles. The van der Waals surface area contributed by atoms with Crippen LogP contribution in [-0.2, 0) is 0 Å². The molecule has 2 aromatic heterocycles. The fraction of sp³-hybridized carbons (Fsp3) is 0.0312. The lowest BCUT2D eigenvalue weighted by Gasteiger charge is -2.14. The summed E-state index contributed by atoms with van der Waals surface area (Å²) in [5.41, 5.74) is 20.3. The number of benzene rings is 9. The van der Waals surface area contributed by atoms with E-state index in [2.05, 4.69) is 236 Å². The molecule has 0 aliphatic carbocycles. The van der Waals surface area contributed by atoms with Gasteiger partial charge >= 0.3 is 0 Å². The highest BCUT2D eigenvalue weighted by molar-refractivity contribution is 9.10. The first-order valence-electron chi connectivity index (χ1n) is 23.1. The third kappa shape index (κ3) is 9.33. The third-order valence-electron chi connectivity index (χ3n) is 12.5. The first kappa shape index (κ1) is 43.2. The summed E-state index contributed by atoms with van der Waals surface area (Å²) < 4.78 is 0.995. The van der Waals surface area contributed by atoms with Crippen LogP contribution in [-0.4, -0.2) is 19.9 Å². The van der Waals surface area contributed by atoms with Crippen LogP contribution < -0.4 is 0 Å². The van der Waals surface area contributed by atoms with Crippen LogP contribution in [0.1, 0.15) is 11.1 Å². The maximum atomic E-state index is 5.33. The number of hydrogen-bond acceptors (Lipinski definition) is 4. The van der Waals surface area contributed by atoms with Crippen LogP contribution in [0.2, 0.25) is 0 Å². The van der Waals surface area contributed by atoms with E-state index in [1.807, 2.05) is 30.5 Å². The molecule has 0 N–H and O–H groups in total. The Labute approximate surface area is 411 Å². The molecule has 328 valence electrons. The highest BCUT2D eigenvalue weighted by atomic mass is 79.9. The quantitative estimate of drug-likeness (QED) is 0.137. The Morgan fingerprint density at radius 2 is 0.667 bits per heavy atom. The van der Waals surface area contributed by atoms with Crippen LogP contribution in [0.3, 0.4) is 0 Å². The second-order valence-electron chi connectivity index (χ2n) is 17.4. The molecule has 0 unspecified atom stereocenters. The maximum Gasteiger partial charge on any atom is 0.165 e. The Hall–Kier alpha value is -8.38. The number of aromatic nitrogens is 4. The summed E-state index contributed by atoms with van der Waals surface area (Å²) in [5.74, 6) is 1.67. The van der Waals surface area contributed by atoms with Crippen molar-refractivity contribution in [3.63, 3.8) is 0 Å². The van der Waals surface area contributed by atoms with Gasteiger partial charge in [-0.25, -0.2) is 15.0 Å². The third-order valence-corrected chi connectivity index (χ3v) is 13.1. The number of pyridine rings is 1. The van der Waals surface area contributed by atoms with Crippen molar-refractivity contribution >= 4 is 15.9 Å². The van der Waals surface area contributed by atoms with Crippen molar-refractivity contribution in [3.05, 3.63) is 252 Å². The number of hydrogen-bond donors (Lipinski definition) is 0. The second-order valence-corrected chi connectivity index (χ2v) is 18.3. The Morgan fingerprint density at radius 1 is 0.275 bits per heavy atom. The fourth-order valence-corrected chi connectivity index (χ4v) is 9.75. The van der Waals surface area contributed by atoms with E-state index in [1.54, 1.807) is 0 Å².